The quantitative estimate of drug-likeness (QED) is 0.479. The van der Waals surface area contributed by atoms with Crippen LogP contribution in [0.4, 0.5) is 5.13 Å². The van der Waals surface area contributed by atoms with E-state index < -0.39 is 30.8 Å². The zero-order valence-corrected chi connectivity index (χ0v) is 14.7. The number of nitrogens with zero attached hydrogens (tertiary/aromatic N) is 2. The molecule has 13 heteroatoms. The van der Waals surface area contributed by atoms with Crippen molar-refractivity contribution in [2.75, 3.05) is 12.3 Å². The summed E-state index contributed by atoms with van der Waals surface area (Å²) in [5.74, 6) is -2.12. The van der Waals surface area contributed by atoms with E-state index in [9.17, 15) is 19.7 Å². The number of carbonyl (C=O) groups is 2. The van der Waals surface area contributed by atoms with Crippen LogP contribution >= 0.6 is 23.1 Å². The Kier molecular flexibility index (Phi) is 5.20. The van der Waals surface area contributed by atoms with E-state index in [1.165, 1.54) is 29.2 Å². The lowest BCUT2D eigenvalue weighted by Crippen LogP contribution is -2.40. The molecule has 1 aromatic carbocycles. The molecular formula is C13H13BN4O6S2. The number of benzene rings is 1. The van der Waals surface area contributed by atoms with Crippen LogP contribution in [0.25, 0.3) is 0 Å². The Bertz CT molecular complexity index is 863. The van der Waals surface area contributed by atoms with Crippen molar-refractivity contribution in [3.63, 3.8) is 0 Å². The number of fused-ring (bicyclic) bond motifs is 1. The molecule has 0 aliphatic carbocycles. The van der Waals surface area contributed by atoms with Crippen LogP contribution in [0.3, 0.4) is 0 Å². The van der Waals surface area contributed by atoms with Crippen molar-refractivity contribution in [1.82, 2.24) is 10.2 Å². The van der Waals surface area contributed by atoms with Gasteiger partial charge in [-0.05, 0) is 18.1 Å². The summed E-state index contributed by atoms with van der Waals surface area (Å²) in [6, 6.07) is 3.04. The third-order valence-electron chi connectivity index (χ3n) is 3.44. The molecular weight excluding hydrogens is 383 g/mol. The van der Waals surface area contributed by atoms with Gasteiger partial charge in [0.25, 0.3) is 5.91 Å². The first kappa shape index (κ1) is 18.3. The van der Waals surface area contributed by atoms with Gasteiger partial charge in [0.1, 0.15) is 17.1 Å². The predicted octanol–water partition coefficient (Wildman–Crippen LogP) is -0.202. The summed E-state index contributed by atoms with van der Waals surface area (Å²) >= 11 is 2.42. The summed E-state index contributed by atoms with van der Waals surface area (Å²) in [7, 11) is -1.28. The monoisotopic (exact) mass is 396 g/mol. The minimum absolute atomic E-state index is 0.000554. The Hall–Kier alpha value is -2.51. The van der Waals surface area contributed by atoms with Crippen molar-refractivity contribution in [3.8, 4) is 11.5 Å². The molecule has 0 unspecified atom stereocenters. The summed E-state index contributed by atoms with van der Waals surface area (Å²) in [6.07, 6.45) is 0.330. The van der Waals surface area contributed by atoms with Gasteiger partial charge in [0.2, 0.25) is 5.13 Å². The van der Waals surface area contributed by atoms with E-state index in [0.29, 0.717) is 21.5 Å². The van der Waals surface area contributed by atoms with Crippen LogP contribution in [0, 0.1) is 0 Å². The van der Waals surface area contributed by atoms with Gasteiger partial charge in [0.15, 0.2) is 10.9 Å². The number of nitrogen functional groups attached to an aromatic ring is 1. The van der Waals surface area contributed by atoms with Crippen LogP contribution in [0.2, 0.25) is 0 Å². The summed E-state index contributed by atoms with van der Waals surface area (Å²) in [6.45, 7) is -0.474. The van der Waals surface area contributed by atoms with Gasteiger partial charge < -0.3 is 31.0 Å². The van der Waals surface area contributed by atoms with Crippen LogP contribution in [-0.2, 0) is 11.2 Å². The minimum Gasteiger partial charge on any atom is -0.534 e. The number of aromatic carboxylic acids is 1. The molecule has 6 N–H and O–H groups in total. The number of carbonyl (C=O) groups excluding carboxylic acids is 1. The fourth-order valence-corrected chi connectivity index (χ4v) is 4.33. The summed E-state index contributed by atoms with van der Waals surface area (Å²) in [5, 5.41) is 27.2. The highest BCUT2D eigenvalue weighted by molar-refractivity contribution is 8.02. The molecule has 0 spiro atoms. The van der Waals surface area contributed by atoms with Gasteiger partial charge >= 0.3 is 13.1 Å². The normalized spacial score (nSPS) is 15.9. The number of hydrogen-bond donors (Lipinski definition) is 4. The average molecular weight is 396 g/mol. The molecule has 0 radical (unpaired) electrons. The number of aromatic nitrogens is 2. The van der Waals surface area contributed by atoms with E-state index in [-0.39, 0.29) is 17.1 Å². The minimum atomic E-state index is -1.31. The molecule has 0 saturated heterocycles. The summed E-state index contributed by atoms with van der Waals surface area (Å²) < 4.78 is 11.1. The molecule has 2 heterocycles. The molecule has 10 nitrogen and oxygen atoms in total. The van der Waals surface area contributed by atoms with Crippen molar-refractivity contribution in [2.24, 2.45) is 5.73 Å². The molecule has 1 amide bonds. The molecule has 1 atom stereocenters. The zero-order chi connectivity index (χ0) is 18.8. The predicted molar refractivity (Wildman–Crippen MR) is 94.4 cm³/mol. The molecule has 3 rings (SSSR count). The highest BCUT2D eigenvalue weighted by Crippen LogP contribution is 2.40. The Labute approximate surface area is 155 Å². The topological polar surface area (TPSA) is 171 Å². The van der Waals surface area contributed by atoms with Crippen molar-refractivity contribution in [1.29, 1.82) is 0 Å². The summed E-state index contributed by atoms with van der Waals surface area (Å²) in [5.41, 5.74) is 10.9. The first-order valence-corrected chi connectivity index (χ1v) is 8.95. The molecule has 2 aromatic rings. The second-order valence-electron chi connectivity index (χ2n) is 5.26. The van der Waals surface area contributed by atoms with Gasteiger partial charge in [-0.3, -0.25) is 4.79 Å². The molecule has 136 valence electrons. The van der Waals surface area contributed by atoms with E-state index in [1.807, 2.05) is 0 Å². The Morgan fingerprint density at radius 1 is 1.46 bits per heavy atom. The molecule has 26 heavy (non-hydrogen) atoms. The maximum absolute atomic E-state index is 11.6. The number of amides is 1. The zero-order valence-electron chi connectivity index (χ0n) is 13.1. The van der Waals surface area contributed by atoms with E-state index >= 15 is 0 Å². The lowest BCUT2D eigenvalue weighted by Gasteiger charge is -2.28. The number of hydrogen-bond acceptors (Lipinski definition) is 10. The van der Waals surface area contributed by atoms with Gasteiger partial charge in [0, 0.05) is 0 Å². The van der Waals surface area contributed by atoms with E-state index in [2.05, 4.69) is 10.2 Å². The fraction of sp³-hybridized carbons (Fsp3) is 0.231. The van der Waals surface area contributed by atoms with Crippen molar-refractivity contribution in [2.45, 2.75) is 15.9 Å². The summed E-state index contributed by atoms with van der Waals surface area (Å²) in [4.78, 5) is 22.5. The lowest BCUT2D eigenvalue weighted by atomic mass is 9.77. The second kappa shape index (κ2) is 7.39. The number of ether oxygens (including phenoxy) is 1. The Morgan fingerprint density at radius 2 is 2.23 bits per heavy atom. The third kappa shape index (κ3) is 3.84. The molecule has 1 aliphatic heterocycles. The first-order chi connectivity index (χ1) is 12.3. The van der Waals surface area contributed by atoms with E-state index in [4.69, 9.17) is 20.9 Å². The number of carboxylic acid groups (broad SMARTS) is 1. The van der Waals surface area contributed by atoms with Gasteiger partial charge in [-0.2, -0.15) is 0 Å². The third-order valence-corrected chi connectivity index (χ3v) is 5.51. The maximum atomic E-state index is 11.6. The molecule has 1 aromatic heterocycles. The maximum Gasteiger partial charge on any atom is 0.537 e. The Morgan fingerprint density at radius 3 is 2.85 bits per heavy atom. The fourth-order valence-electron chi connectivity index (χ4n) is 2.39. The number of nitrogens with two attached hydrogens (primary N) is 2. The van der Waals surface area contributed by atoms with E-state index in [0.717, 1.165) is 0 Å². The second-order valence-corrected chi connectivity index (χ2v) is 7.76. The van der Waals surface area contributed by atoms with Crippen LogP contribution < -0.4 is 20.9 Å². The highest BCUT2D eigenvalue weighted by atomic mass is 32.2. The molecule has 0 saturated carbocycles. The largest absolute Gasteiger partial charge is 0.537 e. The number of carboxylic acids is 1. The van der Waals surface area contributed by atoms with Crippen molar-refractivity contribution in [3.05, 3.63) is 23.3 Å². The first-order valence-electron chi connectivity index (χ1n) is 7.25. The van der Waals surface area contributed by atoms with Crippen LogP contribution in [0.15, 0.2) is 16.5 Å². The van der Waals surface area contributed by atoms with Crippen LogP contribution in [0.5, 0.6) is 11.5 Å². The highest BCUT2D eigenvalue weighted by Gasteiger charge is 2.39. The average Bonchev–Trinajstić information content (AvgIpc) is 2.97. The van der Waals surface area contributed by atoms with Gasteiger partial charge in [-0.15, -0.1) is 10.2 Å². The van der Waals surface area contributed by atoms with Crippen molar-refractivity contribution >= 4 is 47.2 Å². The smallest absolute Gasteiger partial charge is 0.534 e. The molecule has 0 fully saturated rings. The standard InChI is InChI=1S/C13H13BN4O6S2/c15-8(19)4-23-6-2-1-5-3-7(25-13-18-17-12(16)26-13)14(22)24-10(5)9(6)11(20)21/h1-2,7,22H,3-4H2,(H2,15,19)(H2,16,17)(H,20,21)/t7-/m0/s1. The number of rotatable bonds is 6. The van der Waals surface area contributed by atoms with Gasteiger partial charge in [-0.25, -0.2) is 4.79 Å². The van der Waals surface area contributed by atoms with Crippen LogP contribution in [0.1, 0.15) is 15.9 Å². The number of thioether (sulfide) groups is 1. The van der Waals surface area contributed by atoms with E-state index in [1.54, 1.807) is 6.07 Å². The Balaban J connectivity index is 1.88. The number of primary amides is 1. The number of anilines is 1. The lowest BCUT2D eigenvalue weighted by molar-refractivity contribution is -0.119. The molecule has 1 aliphatic rings. The molecule has 0 bridgehead atoms. The van der Waals surface area contributed by atoms with Gasteiger partial charge in [-0.1, -0.05) is 29.2 Å². The van der Waals surface area contributed by atoms with Crippen molar-refractivity contribution < 1.29 is 29.1 Å². The van der Waals surface area contributed by atoms with Crippen LogP contribution in [-0.4, -0.2) is 51.1 Å². The van der Waals surface area contributed by atoms with Gasteiger partial charge in [0.05, 0.1) is 5.15 Å². The SMILES string of the molecule is NC(=O)COc1ccc2c(c1C(=O)O)OB(O)[C@@H](Sc1nnc(N)s1)C2.